The molecule has 2 rings (SSSR count). The zero-order valence-corrected chi connectivity index (χ0v) is 10.1. The topological polar surface area (TPSA) is 75.0 Å². The Balaban J connectivity index is 2.47. The lowest BCUT2D eigenvalue weighted by molar-refractivity contribution is 0.461. The second-order valence-electron chi connectivity index (χ2n) is 3.41. The van der Waals surface area contributed by atoms with Gasteiger partial charge in [-0.2, -0.15) is 5.10 Å². The van der Waals surface area contributed by atoms with E-state index in [-0.39, 0.29) is 16.5 Å². The first-order chi connectivity index (χ1) is 7.97. The van der Waals surface area contributed by atoms with Gasteiger partial charge in [-0.1, -0.05) is 17.7 Å². The Hall–Kier alpha value is -1.37. The van der Waals surface area contributed by atoms with Crippen LogP contribution in [-0.4, -0.2) is 22.8 Å². The number of halogens is 1. The van der Waals surface area contributed by atoms with Crippen molar-refractivity contribution in [1.29, 1.82) is 0 Å². The summed E-state index contributed by atoms with van der Waals surface area (Å²) in [6, 6.07) is 5.91. The minimum Gasteiger partial charge on any atom is -0.744 e. The van der Waals surface area contributed by atoms with E-state index in [9.17, 15) is 13.0 Å². The summed E-state index contributed by atoms with van der Waals surface area (Å²) in [5.74, 6) is 0. The van der Waals surface area contributed by atoms with E-state index in [1.807, 2.05) is 0 Å². The number of hydrogen-bond donors (Lipinski definition) is 0. The van der Waals surface area contributed by atoms with Gasteiger partial charge in [-0.05, 0) is 23.8 Å². The van der Waals surface area contributed by atoms with Gasteiger partial charge in [0.25, 0.3) is 0 Å². The van der Waals surface area contributed by atoms with Crippen LogP contribution in [0.5, 0.6) is 0 Å². The lowest BCUT2D eigenvalue weighted by Crippen LogP contribution is -2.08. The van der Waals surface area contributed by atoms with Crippen molar-refractivity contribution >= 4 is 21.7 Å². The smallest absolute Gasteiger partial charge is 0.124 e. The van der Waals surface area contributed by atoms with Gasteiger partial charge < -0.3 is 4.55 Å². The number of aromatic nitrogens is 2. The van der Waals surface area contributed by atoms with Crippen LogP contribution in [0.1, 0.15) is 5.56 Å². The average Bonchev–Trinajstić information content (AvgIpc) is 2.72. The molecule has 0 saturated heterocycles. The molecule has 0 aliphatic carbocycles. The van der Waals surface area contributed by atoms with Crippen LogP contribution in [0, 0.1) is 0 Å². The fourth-order valence-corrected chi connectivity index (χ4v) is 2.42. The predicted octanol–water partition coefficient (Wildman–Crippen LogP) is 1.49. The van der Waals surface area contributed by atoms with Gasteiger partial charge in [0.1, 0.15) is 10.1 Å². The largest absolute Gasteiger partial charge is 0.744 e. The predicted molar refractivity (Wildman–Crippen MR) is 60.7 cm³/mol. The molecule has 0 aliphatic heterocycles. The molecule has 0 saturated carbocycles. The highest BCUT2D eigenvalue weighted by atomic mass is 35.5. The van der Waals surface area contributed by atoms with Crippen LogP contribution < -0.4 is 0 Å². The molecule has 1 heterocycles. The molecule has 0 fully saturated rings. The quantitative estimate of drug-likeness (QED) is 0.793. The maximum absolute atomic E-state index is 11.1. The molecule has 0 atom stereocenters. The van der Waals surface area contributed by atoms with Crippen LogP contribution in [0.15, 0.2) is 41.6 Å². The van der Waals surface area contributed by atoms with Crippen molar-refractivity contribution in [3.05, 3.63) is 47.2 Å². The summed E-state index contributed by atoms with van der Waals surface area (Å²) in [6.07, 6.45) is 3.25. The maximum atomic E-state index is 11.1. The Labute approximate surface area is 103 Å². The van der Waals surface area contributed by atoms with E-state index in [4.69, 9.17) is 11.6 Å². The van der Waals surface area contributed by atoms with E-state index in [1.165, 1.54) is 16.8 Å². The van der Waals surface area contributed by atoms with Crippen molar-refractivity contribution in [2.24, 2.45) is 0 Å². The summed E-state index contributed by atoms with van der Waals surface area (Å²) in [5, 5.41) is 4.16. The first-order valence-corrected chi connectivity index (χ1v) is 6.47. The highest BCUT2D eigenvalue weighted by Crippen LogP contribution is 2.21. The molecule has 0 unspecified atom stereocenters. The molecule has 2 aromatic rings. The Morgan fingerprint density at radius 1 is 1.41 bits per heavy atom. The first-order valence-electron chi connectivity index (χ1n) is 4.68. The summed E-state index contributed by atoms with van der Waals surface area (Å²) in [5.41, 5.74) is 0.369. The molecule has 1 aromatic carbocycles. The zero-order valence-electron chi connectivity index (χ0n) is 8.58. The summed E-state index contributed by atoms with van der Waals surface area (Å²) < 4.78 is 34.8. The van der Waals surface area contributed by atoms with E-state index in [2.05, 4.69) is 5.10 Å². The Morgan fingerprint density at radius 2 is 2.18 bits per heavy atom. The Kier molecular flexibility index (Phi) is 3.19. The number of benzene rings is 1. The van der Waals surface area contributed by atoms with Gasteiger partial charge in [0.15, 0.2) is 0 Å². The van der Waals surface area contributed by atoms with Crippen molar-refractivity contribution in [3.8, 4) is 0 Å². The van der Waals surface area contributed by atoms with Crippen LogP contribution in [-0.2, 0) is 16.7 Å². The molecule has 0 aliphatic rings. The monoisotopic (exact) mass is 271 g/mol. The van der Waals surface area contributed by atoms with E-state index in [1.54, 1.807) is 18.5 Å². The molecule has 0 spiro atoms. The van der Waals surface area contributed by atoms with Crippen LogP contribution in [0.2, 0.25) is 5.02 Å². The van der Waals surface area contributed by atoms with Crippen molar-refractivity contribution in [2.45, 2.75) is 11.4 Å². The third-order valence-electron chi connectivity index (χ3n) is 2.19. The summed E-state index contributed by atoms with van der Waals surface area (Å²) in [4.78, 5) is -0.305. The van der Waals surface area contributed by atoms with Gasteiger partial charge in [0, 0.05) is 17.4 Å². The van der Waals surface area contributed by atoms with Crippen molar-refractivity contribution < 1.29 is 13.0 Å². The van der Waals surface area contributed by atoms with Gasteiger partial charge in [-0.3, -0.25) is 4.68 Å². The Morgan fingerprint density at radius 3 is 2.76 bits per heavy atom. The van der Waals surface area contributed by atoms with Gasteiger partial charge in [0.2, 0.25) is 0 Å². The molecule has 7 heteroatoms. The highest BCUT2D eigenvalue weighted by Gasteiger charge is 2.10. The van der Waals surface area contributed by atoms with E-state index in [0.29, 0.717) is 5.56 Å². The van der Waals surface area contributed by atoms with Crippen molar-refractivity contribution in [3.63, 3.8) is 0 Å². The minimum absolute atomic E-state index is 0.209. The molecule has 17 heavy (non-hydrogen) atoms. The number of hydrogen-bond acceptors (Lipinski definition) is 4. The fraction of sp³-hybridized carbons (Fsp3) is 0.100. The normalized spacial score (nSPS) is 11.6. The van der Waals surface area contributed by atoms with Crippen LogP contribution in [0.3, 0.4) is 0 Å². The van der Waals surface area contributed by atoms with Gasteiger partial charge >= 0.3 is 0 Å². The van der Waals surface area contributed by atoms with Crippen molar-refractivity contribution in [2.75, 3.05) is 0 Å². The second kappa shape index (κ2) is 4.48. The minimum atomic E-state index is -4.53. The molecule has 90 valence electrons. The zero-order chi connectivity index (χ0) is 12.5. The molecular weight excluding hydrogens is 264 g/mol. The van der Waals surface area contributed by atoms with E-state index < -0.39 is 10.1 Å². The SMILES string of the molecule is O=S(=O)([O-])c1cc(Cl)ccc1Cn1cccn1. The molecular formula is C10H8ClN2O3S-. The fourth-order valence-electron chi connectivity index (χ4n) is 1.46. The second-order valence-corrected chi connectivity index (χ2v) is 5.19. The van der Waals surface area contributed by atoms with Crippen LogP contribution in [0.25, 0.3) is 0 Å². The van der Waals surface area contributed by atoms with E-state index in [0.717, 1.165) is 6.07 Å². The molecule has 5 nitrogen and oxygen atoms in total. The maximum Gasteiger partial charge on any atom is 0.124 e. The first kappa shape index (κ1) is 12.1. The average molecular weight is 272 g/mol. The third kappa shape index (κ3) is 2.85. The molecule has 1 aromatic heterocycles. The number of nitrogens with zero attached hydrogens (tertiary/aromatic N) is 2. The molecule has 0 bridgehead atoms. The molecule has 0 N–H and O–H groups in total. The molecule has 0 amide bonds. The van der Waals surface area contributed by atoms with Crippen LogP contribution in [0.4, 0.5) is 0 Å². The van der Waals surface area contributed by atoms with Crippen molar-refractivity contribution in [1.82, 2.24) is 9.78 Å². The van der Waals surface area contributed by atoms with Gasteiger partial charge in [-0.15, -0.1) is 0 Å². The van der Waals surface area contributed by atoms with E-state index >= 15 is 0 Å². The molecule has 0 radical (unpaired) electrons. The number of rotatable bonds is 3. The van der Waals surface area contributed by atoms with Gasteiger partial charge in [0.05, 0.1) is 11.4 Å². The standard InChI is InChI=1S/C10H9ClN2O3S/c11-9-3-2-8(7-13-5-1-4-12-13)10(6-9)17(14,15)16/h1-6H,7H2,(H,14,15,16)/p-1. The summed E-state index contributed by atoms with van der Waals surface area (Å²) in [6.45, 7) is 0.209. The Bertz CT molecular complexity index is 623. The third-order valence-corrected chi connectivity index (χ3v) is 3.34. The lowest BCUT2D eigenvalue weighted by Gasteiger charge is -2.13. The summed E-state index contributed by atoms with van der Waals surface area (Å²) >= 11 is 5.68. The summed E-state index contributed by atoms with van der Waals surface area (Å²) in [7, 11) is -4.53. The lowest BCUT2D eigenvalue weighted by atomic mass is 10.2. The highest BCUT2D eigenvalue weighted by molar-refractivity contribution is 7.85. The van der Waals surface area contributed by atoms with Gasteiger partial charge in [-0.25, -0.2) is 8.42 Å². The van der Waals surface area contributed by atoms with Crippen LogP contribution >= 0.6 is 11.6 Å².